The van der Waals surface area contributed by atoms with Crippen LogP contribution in [-0.4, -0.2) is 26.9 Å². The summed E-state index contributed by atoms with van der Waals surface area (Å²) in [6.07, 6.45) is 4.68. The third-order valence-electron chi connectivity index (χ3n) is 2.89. The van der Waals surface area contributed by atoms with Crippen LogP contribution in [0, 0.1) is 0 Å². The monoisotopic (exact) mass is 332 g/mol. The fourth-order valence-electron chi connectivity index (χ4n) is 1.77. The highest BCUT2D eigenvalue weighted by Crippen LogP contribution is 2.23. The first-order chi connectivity index (χ1) is 11.0. The van der Waals surface area contributed by atoms with E-state index < -0.39 is 11.7 Å². The van der Waals surface area contributed by atoms with Crippen LogP contribution in [-0.2, 0) is 10.2 Å². The van der Waals surface area contributed by atoms with Crippen LogP contribution in [0.15, 0.2) is 16.7 Å². The van der Waals surface area contributed by atoms with Crippen molar-refractivity contribution in [3.63, 3.8) is 0 Å². The molecular formula is C17H24N4O3. The van der Waals surface area contributed by atoms with E-state index in [-0.39, 0.29) is 5.41 Å². The van der Waals surface area contributed by atoms with Crippen LogP contribution in [0.5, 0.6) is 0 Å². The summed E-state index contributed by atoms with van der Waals surface area (Å²) in [5.41, 5.74) is 0.0627. The molecule has 0 aliphatic heterocycles. The van der Waals surface area contributed by atoms with E-state index in [1.807, 2.05) is 0 Å². The molecule has 0 aliphatic rings. The number of amides is 1. The number of aromatic nitrogens is 3. The minimum Gasteiger partial charge on any atom is -0.444 e. The smallest absolute Gasteiger partial charge is 0.413 e. The maximum atomic E-state index is 11.7. The highest BCUT2D eigenvalue weighted by Gasteiger charge is 2.19. The van der Waals surface area contributed by atoms with Gasteiger partial charge in [0.1, 0.15) is 11.4 Å². The normalized spacial score (nSPS) is 12.6. The molecule has 2 aromatic rings. The number of carbonyl (C=O) groups excluding carboxylic acids is 1. The van der Waals surface area contributed by atoms with Crippen LogP contribution in [0.4, 0.5) is 10.6 Å². The van der Waals surface area contributed by atoms with Crippen LogP contribution in [0.25, 0.3) is 12.2 Å². The third-order valence-corrected chi connectivity index (χ3v) is 2.89. The molecule has 0 radical (unpaired) electrons. The van der Waals surface area contributed by atoms with Crippen molar-refractivity contribution in [3.05, 3.63) is 29.6 Å². The van der Waals surface area contributed by atoms with Gasteiger partial charge in [-0.2, -0.15) is 5.10 Å². The summed E-state index contributed by atoms with van der Waals surface area (Å²) in [5, 5.41) is 9.37. The number of ether oxygens (including phenoxy) is 1. The van der Waals surface area contributed by atoms with E-state index in [2.05, 4.69) is 41.3 Å². The van der Waals surface area contributed by atoms with E-state index >= 15 is 0 Å². The van der Waals surface area contributed by atoms with Gasteiger partial charge in [-0.3, -0.25) is 10.4 Å². The Labute approximate surface area is 141 Å². The van der Waals surface area contributed by atoms with E-state index in [0.717, 1.165) is 5.76 Å². The van der Waals surface area contributed by atoms with E-state index in [9.17, 15) is 4.79 Å². The minimum absolute atomic E-state index is 0.0857. The van der Waals surface area contributed by atoms with Crippen molar-refractivity contribution in [2.75, 3.05) is 5.32 Å². The topological polar surface area (TPSA) is 93.0 Å². The van der Waals surface area contributed by atoms with Gasteiger partial charge in [0.15, 0.2) is 5.82 Å². The standard InChI is InChI=1S/C17H24N4O3/c1-16(2,3)12-10-18-14(23-12)8-7-11-9-13(21-20-11)19-15(22)24-17(4,5)6/h7-10H,1-6H3,(H2,19,20,21,22)/b8-7-. The fourth-order valence-corrected chi connectivity index (χ4v) is 1.77. The average Bonchev–Trinajstić information content (AvgIpc) is 3.01. The summed E-state index contributed by atoms with van der Waals surface area (Å²) in [6, 6.07) is 1.69. The predicted molar refractivity (Wildman–Crippen MR) is 92.6 cm³/mol. The van der Waals surface area contributed by atoms with E-state index in [4.69, 9.17) is 9.15 Å². The maximum absolute atomic E-state index is 11.7. The van der Waals surface area contributed by atoms with Gasteiger partial charge >= 0.3 is 6.09 Å². The molecule has 2 N–H and O–H groups in total. The summed E-state index contributed by atoms with van der Waals surface area (Å²) >= 11 is 0. The molecule has 0 fully saturated rings. The van der Waals surface area contributed by atoms with Crippen LogP contribution < -0.4 is 5.32 Å². The lowest BCUT2D eigenvalue weighted by atomic mass is 9.94. The van der Waals surface area contributed by atoms with Crippen LogP contribution in [0.1, 0.15) is 58.9 Å². The first-order valence-electron chi connectivity index (χ1n) is 7.73. The number of nitrogens with zero attached hydrogens (tertiary/aromatic N) is 2. The second-order valence-electron chi connectivity index (χ2n) is 7.48. The number of hydrogen-bond donors (Lipinski definition) is 2. The molecule has 24 heavy (non-hydrogen) atoms. The summed E-state index contributed by atoms with van der Waals surface area (Å²) in [4.78, 5) is 15.9. The van der Waals surface area contributed by atoms with Crippen molar-refractivity contribution >= 4 is 24.1 Å². The Balaban J connectivity index is 1.98. The van der Waals surface area contributed by atoms with Crippen molar-refractivity contribution in [3.8, 4) is 0 Å². The van der Waals surface area contributed by atoms with Crippen molar-refractivity contribution in [1.82, 2.24) is 15.2 Å². The first-order valence-corrected chi connectivity index (χ1v) is 7.73. The molecule has 0 atom stereocenters. The molecule has 130 valence electrons. The first kappa shape index (κ1) is 17.8. The molecule has 2 rings (SSSR count). The number of hydrogen-bond acceptors (Lipinski definition) is 5. The summed E-state index contributed by atoms with van der Waals surface area (Å²) < 4.78 is 10.8. The molecule has 1 amide bonds. The second-order valence-corrected chi connectivity index (χ2v) is 7.48. The van der Waals surface area contributed by atoms with E-state index in [0.29, 0.717) is 17.4 Å². The molecule has 0 saturated heterocycles. The SMILES string of the molecule is CC(C)(C)OC(=O)Nc1cc(/C=C\c2ncc(C(C)(C)C)o2)[nH]n1. The number of nitrogens with one attached hydrogen (secondary N) is 2. The Bertz CT molecular complexity index is 730. The molecule has 7 nitrogen and oxygen atoms in total. The third kappa shape index (κ3) is 5.26. The Hall–Kier alpha value is -2.57. The molecule has 7 heteroatoms. The zero-order valence-corrected chi connectivity index (χ0v) is 14.9. The van der Waals surface area contributed by atoms with Crippen LogP contribution >= 0.6 is 0 Å². The van der Waals surface area contributed by atoms with Crippen LogP contribution in [0.2, 0.25) is 0 Å². The van der Waals surface area contributed by atoms with Gasteiger partial charge in [-0.1, -0.05) is 20.8 Å². The largest absolute Gasteiger partial charge is 0.444 e. The van der Waals surface area contributed by atoms with Gasteiger partial charge in [-0.15, -0.1) is 0 Å². The van der Waals surface area contributed by atoms with Crippen molar-refractivity contribution in [2.45, 2.75) is 52.6 Å². The fraction of sp³-hybridized carbons (Fsp3) is 0.471. The van der Waals surface area contributed by atoms with Crippen molar-refractivity contribution in [2.24, 2.45) is 0 Å². The zero-order chi connectivity index (χ0) is 18.0. The Morgan fingerprint density at radius 1 is 1.25 bits per heavy atom. The number of carbonyl (C=O) groups is 1. The molecule has 0 saturated carbocycles. The van der Waals surface area contributed by atoms with Gasteiger partial charge in [0, 0.05) is 17.6 Å². The number of aromatic amines is 1. The number of H-pyrrole nitrogens is 1. The molecule has 0 unspecified atom stereocenters. The predicted octanol–water partition coefficient (Wildman–Crippen LogP) is 4.21. The lowest BCUT2D eigenvalue weighted by Crippen LogP contribution is -2.27. The Kier molecular flexibility index (Phi) is 4.82. The number of anilines is 1. The van der Waals surface area contributed by atoms with Gasteiger partial charge in [-0.05, 0) is 26.8 Å². The quantitative estimate of drug-likeness (QED) is 0.878. The Morgan fingerprint density at radius 2 is 1.96 bits per heavy atom. The van der Waals surface area contributed by atoms with Crippen LogP contribution in [0.3, 0.4) is 0 Å². The van der Waals surface area contributed by atoms with E-state index in [1.54, 1.807) is 45.2 Å². The Morgan fingerprint density at radius 3 is 2.54 bits per heavy atom. The molecule has 2 heterocycles. The zero-order valence-electron chi connectivity index (χ0n) is 14.9. The van der Waals surface area contributed by atoms with Gasteiger partial charge in [0.2, 0.25) is 5.89 Å². The lowest BCUT2D eigenvalue weighted by Gasteiger charge is -2.18. The van der Waals surface area contributed by atoms with Crippen molar-refractivity contribution in [1.29, 1.82) is 0 Å². The molecule has 0 bridgehead atoms. The molecule has 0 aromatic carbocycles. The highest BCUT2D eigenvalue weighted by atomic mass is 16.6. The lowest BCUT2D eigenvalue weighted by molar-refractivity contribution is 0.0635. The minimum atomic E-state index is -0.557. The summed E-state index contributed by atoms with van der Waals surface area (Å²) in [6.45, 7) is 11.6. The molecule has 0 spiro atoms. The summed E-state index contributed by atoms with van der Waals surface area (Å²) in [7, 11) is 0. The van der Waals surface area contributed by atoms with Gasteiger partial charge in [0.25, 0.3) is 0 Å². The molecular weight excluding hydrogens is 308 g/mol. The second kappa shape index (κ2) is 6.51. The molecule has 0 aliphatic carbocycles. The molecule has 2 aromatic heterocycles. The average molecular weight is 332 g/mol. The number of oxazole rings is 1. The highest BCUT2D eigenvalue weighted by molar-refractivity contribution is 5.84. The van der Waals surface area contributed by atoms with E-state index in [1.165, 1.54) is 0 Å². The van der Waals surface area contributed by atoms with Gasteiger partial charge < -0.3 is 9.15 Å². The number of rotatable bonds is 3. The summed E-state index contributed by atoms with van der Waals surface area (Å²) in [5.74, 6) is 1.71. The van der Waals surface area contributed by atoms with Crippen molar-refractivity contribution < 1.29 is 13.9 Å². The maximum Gasteiger partial charge on any atom is 0.413 e. The van der Waals surface area contributed by atoms with Gasteiger partial charge in [0.05, 0.1) is 11.9 Å². The van der Waals surface area contributed by atoms with Gasteiger partial charge in [-0.25, -0.2) is 9.78 Å².